The summed E-state index contributed by atoms with van der Waals surface area (Å²) in [5.74, 6) is -0.504. The Bertz CT molecular complexity index is 558. The van der Waals surface area contributed by atoms with Crippen LogP contribution in [0.15, 0.2) is 0 Å². The minimum atomic E-state index is -0.610. The molecule has 2 amide bonds. The molecule has 0 aromatic carbocycles. The van der Waals surface area contributed by atoms with E-state index in [-0.39, 0.29) is 16.5 Å². The molecule has 2 rings (SSSR count). The fourth-order valence-electron chi connectivity index (χ4n) is 2.57. The third kappa shape index (κ3) is 2.96. The van der Waals surface area contributed by atoms with Crippen LogP contribution in [0.2, 0.25) is 0 Å². The van der Waals surface area contributed by atoms with Gasteiger partial charge in [-0.05, 0) is 6.42 Å². The molecule has 1 aliphatic rings. The Morgan fingerprint density at radius 1 is 1.52 bits per heavy atom. The maximum absolute atomic E-state index is 12.1. The van der Waals surface area contributed by atoms with Gasteiger partial charge in [0.2, 0.25) is 0 Å². The number of anilines is 2. The van der Waals surface area contributed by atoms with Crippen LogP contribution in [0.25, 0.3) is 0 Å². The fourth-order valence-corrected chi connectivity index (χ4v) is 3.68. The van der Waals surface area contributed by atoms with Gasteiger partial charge < -0.3 is 26.4 Å². The van der Waals surface area contributed by atoms with E-state index in [1.54, 1.807) is 7.11 Å². The lowest BCUT2D eigenvalue weighted by Crippen LogP contribution is -2.25. The van der Waals surface area contributed by atoms with Crippen LogP contribution in [-0.4, -0.2) is 45.7 Å². The molecule has 21 heavy (non-hydrogen) atoms. The summed E-state index contributed by atoms with van der Waals surface area (Å²) < 4.78 is 5.17. The monoisotopic (exact) mass is 312 g/mol. The van der Waals surface area contributed by atoms with Gasteiger partial charge in [0.05, 0.1) is 17.9 Å². The van der Waals surface area contributed by atoms with Crippen LogP contribution < -0.4 is 21.7 Å². The molecule has 1 saturated heterocycles. The van der Waals surface area contributed by atoms with Crippen molar-refractivity contribution in [3.8, 4) is 0 Å². The molecule has 0 radical (unpaired) electrons. The van der Waals surface area contributed by atoms with E-state index in [4.69, 9.17) is 16.2 Å². The number of amides is 2. The summed E-state index contributed by atoms with van der Waals surface area (Å²) in [6, 6.07) is 0. The van der Waals surface area contributed by atoms with E-state index < -0.39 is 5.91 Å². The Balaban J connectivity index is 2.36. The van der Waals surface area contributed by atoms with E-state index in [9.17, 15) is 9.59 Å². The van der Waals surface area contributed by atoms with Crippen molar-refractivity contribution < 1.29 is 14.3 Å². The number of nitrogens with zero attached hydrogens (tertiary/aromatic N) is 1. The van der Waals surface area contributed by atoms with Gasteiger partial charge >= 0.3 is 0 Å². The lowest BCUT2D eigenvalue weighted by molar-refractivity contribution is 0.0964. The zero-order chi connectivity index (χ0) is 15.6. The lowest BCUT2D eigenvalue weighted by atomic mass is 10.1. The summed E-state index contributed by atoms with van der Waals surface area (Å²) in [4.78, 5) is 25.8. The molecule has 1 fully saturated rings. The highest BCUT2D eigenvalue weighted by molar-refractivity contribution is 7.19. The number of carbonyl (C=O) groups excluding carboxylic acids is 2. The van der Waals surface area contributed by atoms with Crippen LogP contribution in [-0.2, 0) is 4.74 Å². The number of carbonyl (C=O) groups is 2. The zero-order valence-electron chi connectivity index (χ0n) is 12.1. The number of rotatable bonds is 5. The Morgan fingerprint density at radius 2 is 2.24 bits per heavy atom. The van der Waals surface area contributed by atoms with Gasteiger partial charge in [0, 0.05) is 33.2 Å². The molecule has 2 heterocycles. The number of nitrogens with two attached hydrogens (primary N) is 2. The SMILES string of the molecule is CNC(=O)c1c(N2CCC(COC)C2)sc(C(N)=O)c1N. The van der Waals surface area contributed by atoms with Gasteiger partial charge in [-0.25, -0.2) is 0 Å². The van der Waals surface area contributed by atoms with Crippen LogP contribution in [0, 0.1) is 5.92 Å². The standard InChI is InChI=1S/C13H20N4O3S/c1-16-12(19)8-9(14)10(11(15)18)21-13(8)17-4-3-7(5-17)6-20-2/h7H,3-6,14H2,1-2H3,(H2,15,18)(H,16,19). The molecule has 1 aliphatic heterocycles. The molecule has 0 aliphatic carbocycles. The summed E-state index contributed by atoms with van der Waals surface area (Å²) in [5, 5.41) is 3.27. The molecule has 116 valence electrons. The second-order valence-corrected chi connectivity index (χ2v) is 6.02. The zero-order valence-corrected chi connectivity index (χ0v) is 13.0. The first-order valence-corrected chi connectivity index (χ1v) is 7.49. The number of hydrogen-bond acceptors (Lipinski definition) is 6. The number of thiophene rings is 1. The summed E-state index contributed by atoms with van der Waals surface area (Å²) in [7, 11) is 3.21. The highest BCUT2D eigenvalue weighted by Crippen LogP contribution is 2.40. The molecule has 8 heteroatoms. The highest BCUT2D eigenvalue weighted by Gasteiger charge is 2.31. The van der Waals surface area contributed by atoms with Crippen molar-refractivity contribution in [1.82, 2.24) is 5.32 Å². The molecule has 1 unspecified atom stereocenters. The second-order valence-electron chi connectivity index (χ2n) is 5.02. The van der Waals surface area contributed by atoms with Gasteiger partial charge in [-0.15, -0.1) is 11.3 Å². The van der Waals surface area contributed by atoms with E-state index >= 15 is 0 Å². The van der Waals surface area contributed by atoms with Gasteiger partial charge in [0.1, 0.15) is 9.88 Å². The number of hydrogen-bond donors (Lipinski definition) is 3. The summed E-state index contributed by atoms with van der Waals surface area (Å²) in [6.07, 6.45) is 0.977. The number of methoxy groups -OCH3 is 1. The molecule has 7 nitrogen and oxygen atoms in total. The minimum absolute atomic E-state index is 0.164. The van der Waals surface area contributed by atoms with E-state index in [0.29, 0.717) is 23.1 Å². The van der Waals surface area contributed by atoms with E-state index in [1.165, 1.54) is 18.4 Å². The Kier molecular flexibility index (Phi) is 4.69. The van der Waals surface area contributed by atoms with Gasteiger partial charge in [0.15, 0.2) is 0 Å². The number of primary amides is 1. The molecule has 1 atom stereocenters. The summed E-state index contributed by atoms with van der Waals surface area (Å²) in [6.45, 7) is 2.25. The van der Waals surface area contributed by atoms with Crippen molar-refractivity contribution in [3.05, 3.63) is 10.4 Å². The average molecular weight is 312 g/mol. The first kappa shape index (κ1) is 15.6. The van der Waals surface area contributed by atoms with Crippen LogP contribution >= 0.6 is 11.3 Å². The minimum Gasteiger partial charge on any atom is -0.397 e. The van der Waals surface area contributed by atoms with Crippen molar-refractivity contribution in [2.45, 2.75) is 6.42 Å². The molecule has 0 saturated carbocycles. The smallest absolute Gasteiger partial charge is 0.260 e. The Hall–Kier alpha value is -1.80. The largest absolute Gasteiger partial charge is 0.397 e. The third-order valence-corrected chi connectivity index (χ3v) is 4.86. The van der Waals surface area contributed by atoms with Gasteiger partial charge in [-0.3, -0.25) is 9.59 Å². The third-order valence-electron chi connectivity index (χ3n) is 3.58. The lowest BCUT2D eigenvalue weighted by Gasteiger charge is -2.18. The van der Waals surface area contributed by atoms with Crippen molar-refractivity contribution >= 4 is 33.8 Å². The average Bonchev–Trinajstić information content (AvgIpc) is 3.02. The predicted molar refractivity (Wildman–Crippen MR) is 82.8 cm³/mol. The van der Waals surface area contributed by atoms with Crippen molar-refractivity contribution in [2.75, 3.05) is 44.5 Å². The predicted octanol–water partition coefficient (Wildman–Crippen LogP) is 0.262. The van der Waals surface area contributed by atoms with Crippen molar-refractivity contribution in [3.63, 3.8) is 0 Å². The topological polar surface area (TPSA) is 111 Å². The molecule has 1 aromatic heterocycles. The second kappa shape index (κ2) is 6.31. The van der Waals surface area contributed by atoms with Crippen LogP contribution in [0.5, 0.6) is 0 Å². The maximum atomic E-state index is 12.1. The van der Waals surface area contributed by atoms with Crippen molar-refractivity contribution in [1.29, 1.82) is 0 Å². The Morgan fingerprint density at radius 3 is 2.81 bits per heavy atom. The molecular formula is C13H20N4O3S. The Labute approximate surface area is 127 Å². The molecule has 5 N–H and O–H groups in total. The van der Waals surface area contributed by atoms with Gasteiger partial charge in [-0.1, -0.05) is 0 Å². The van der Waals surface area contributed by atoms with E-state index in [0.717, 1.165) is 19.5 Å². The first-order chi connectivity index (χ1) is 9.99. The number of ether oxygens (including phenoxy) is 1. The quantitative estimate of drug-likeness (QED) is 0.722. The van der Waals surface area contributed by atoms with Gasteiger partial charge in [-0.2, -0.15) is 0 Å². The van der Waals surface area contributed by atoms with E-state index in [1.807, 2.05) is 0 Å². The van der Waals surface area contributed by atoms with Crippen molar-refractivity contribution in [2.24, 2.45) is 11.7 Å². The highest BCUT2D eigenvalue weighted by atomic mass is 32.1. The van der Waals surface area contributed by atoms with E-state index in [2.05, 4.69) is 10.2 Å². The summed E-state index contributed by atoms with van der Waals surface area (Å²) in [5.41, 5.74) is 11.8. The molecule has 0 bridgehead atoms. The van der Waals surface area contributed by atoms with Crippen LogP contribution in [0.3, 0.4) is 0 Å². The van der Waals surface area contributed by atoms with Crippen LogP contribution in [0.1, 0.15) is 26.5 Å². The maximum Gasteiger partial charge on any atom is 0.260 e. The first-order valence-electron chi connectivity index (χ1n) is 6.67. The van der Waals surface area contributed by atoms with Crippen LogP contribution in [0.4, 0.5) is 10.7 Å². The fraction of sp³-hybridized carbons (Fsp3) is 0.538. The molecular weight excluding hydrogens is 292 g/mol. The molecule has 0 spiro atoms. The number of nitrogens with one attached hydrogen (secondary N) is 1. The molecule has 1 aromatic rings. The number of nitrogen functional groups attached to an aromatic ring is 1. The van der Waals surface area contributed by atoms with Gasteiger partial charge in [0.25, 0.3) is 11.8 Å². The normalized spacial score (nSPS) is 18.0. The summed E-state index contributed by atoms with van der Waals surface area (Å²) >= 11 is 1.18.